The van der Waals surface area contributed by atoms with Crippen LogP contribution in [0.1, 0.15) is 389 Å². The zero-order valence-corrected chi connectivity index (χ0v) is 83.3. The molecule has 0 unspecified atom stereocenters. The standard InChI is InChI=1S/C16H22N2.C15H24N2.2C14H21N3.2C14H20N2S.C13H20N4/c1-15(2,3)13-11-9-7-8-10-12(11)17-14(18-13)16(4,5)6;1-14(2,3)12-10-8-7-9-11(10)16-13(17-12)15(4,5)6;1-13(2,3)11-10-9(7-8-15-10)16-12(17-11)14(4,5)6;1-13(2,3)10-9-7-8-15-11(9)17-12(16-10)14(4,5)6;1-13(2,3)11-10-9(7-8-17-10)15-12(16-11)14(4,5)6;1-13(2,3)10-9-7-8-17-11(9)16-12(15-10)14(4,5)6;1-12(2,3)9-8-10(15-7-14-8)17-11(16-9)13(4,5)6/h7-10H,1-6H3;7-9H2,1-6H3;7-8,15H,1-6H3;7-8H,1-6H3,(H,15,16,17);2*7-8H,1-6H3;7H,1-6H3,(H,14,15,16,17). The SMILES string of the molecule is CC(C)(C)c1nc(C(C)(C)C)c2[nH]ccc2n1.CC(C)(C)c1nc(C(C)(C)C)c2[nH]cnc2n1.CC(C)(C)c1nc(C(C)(C)C)c2cc[nH]c2n1.CC(C)(C)c1nc(C(C)(C)C)c2ccccc2n1.CC(C)(C)c1nc(C(C)(C)C)c2ccsc2n1.CC(C)(C)c1nc(C(C)(C)C)c2sccc2n1.CC(C)(C)c1nc2c(c(C(C)(C)C)n1)CCC2. The third kappa shape index (κ3) is 24.3. The van der Waals surface area contributed by atoms with Crippen LogP contribution in [0.15, 0.2) is 78.0 Å². The molecule has 0 amide bonds. The fourth-order valence-electron chi connectivity index (χ4n) is 13.2. The lowest BCUT2D eigenvalue weighted by Gasteiger charge is -2.25. The Morgan fingerprint density at radius 2 is 0.650 bits per heavy atom. The smallest absolute Gasteiger partial charge is 0.181 e. The Kier molecular flexibility index (Phi) is 28.0. The number of hydrogen-bond acceptors (Lipinski definition) is 17. The molecule has 14 rings (SSSR count). The van der Waals surface area contributed by atoms with Crippen LogP contribution >= 0.6 is 22.7 Å². The van der Waals surface area contributed by atoms with E-state index in [1.54, 1.807) is 29.0 Å². The van der Waals surface area contributed by atoms with Crippen LogP contribution in [0.25, 0.3) is 64.6 Å². The topological polar surface area (TPSA) is 241 Å². The Morgan fingerprint density at radius 3 is 1.14 bits per heavy atom. The van der Waals surface area contributed by atoms with Crippen LogP contribution in [0.5, 0.6) is 0 Å². The van der Waals surface area contributed by atoms with Crippen LogP contribution < -0.4 is 0 Å². The van der Waals surface area contributed by atoms with Gasteiger partial charge < -0.3 is 15.0 Å². The summed E-state index contributed by atoms with van der Waals surface area (Å²) in [7, 11) is 0. The number of nitrogens with zero attached hydrogens (tertiary/aromatic N) is 15. The van der Waals surface area contributed by atoms with Gasteiger partial charge in [0.05, 0.1) is 73.0 Å². The molecule has 0 spiro atoms. The Morgan fingerprint density at radius 1 is 0.267 bits per heavy atom. The number of H-pyrrole nitrogens is 3. The molecule has 0 bridgehead atoms. The average molecular weight is 1670 g/mol. The van der Waals surface area contributed by atoms with Gasteiger partial charge in [0.2, 0.25) is 0 Å². The van der Waals surface area contributed by atoms with E-state index in [4.69, 9.17) is 44.9 Å². The molecule has 13 aromatic rings. The van der Waals surface area contributed by atoms with E-state index in [1.165, 1.54) is 39.2 Å². The Bertz CT molecular complexity index is 5090. The number of aromatic nitrogens is 18. The zero-order chi connectivity index (χ0) is 90.6. The summed E-state index contributed by atoms with van der Waals surface area (Å²) in [6.07, 6.45) is 9.07. The van der Waals surface area contributed by atoms with Gasteiger partial charge in [0.1, 0.15) is 56.8 Å². The number of aryl methyl sites for hydroxylation is 1. The number of aromatic amines is 3. The number of thiophene rings is 2. The second-order valence-corrected chi connectivity index (χ2v) is 48.7. The summed E-state index contributed by atoms with van der Waals surface area (Å²) in [5, 5.41) is 7.70. The van der Waals surface area contributed by atoms with Crippen molar-refractivity contribution in [1.29, 1.82) is 0 Å². The van der Waals surface area contributed by atoms with Crippen molar-refractivity contribution in [2.45, 2.75) is 386 Å². The van der Waals surface area contributed by atoms with Crippen LogP contribution in [0.4, 0.5) is 0 Å². The molecule has 120 heavy (non-hydrogen) atoms. The molecule has 0 aliphatic heterocycles. The molecule has 0 saturated carbocycles. The minimum Gasteiger partial charge on any atom is -0.358 e. The summed E-state index contributed by atoms with van der Waals surface area (Å²) in [5.41, 5.74) is 17.7. The third-order valence-electron chi connectivity index (χ3n) is 19.9. The second-order valence-electron chi connectivity index (χ2n) is 46.9. The van der Waals surface area contributed by atoms with E-state index in [-0.39, 0.29) is 75.8 Å². The Labute approximate surface area is 728 Å². The molecule has 0 atom stereocenters. The second kappa shape index (κ2) is 34.7. The summed E-state index contributed by atoms with van der Waals surface area (Å²) in [4.78, 5) is 81.2. The number of benzene rings is 1. The lowest BCUT2D eigenvalue weighted by molar-refractivity contribution is 0.507. The van der Waals surface area contributed by atoms with E-state index in [1.807, 2.05) is 24.5 Å². The van der Waals surface area contributed by atoms with Crippen molar-refractivity contribution in [1.82, 2.24) is 89.7 Å². The average Bonchev–Trinajstić information content (AvgIpc) is 1.05. The molecule has 1 aliphatic carbocycles. The van der Waals surface area contributed by atoms with E-state index < -0.39 is 0 Å². The number of hydrogen-bond donors (Lipinski definition) is 3. The van der Waals surface area contributed by atoms with Gasteiger partial charge in [-0.2, -0.15) is 0 Å². The lowest BCUT2D eigenvalue weighted by Crippen LogP contribution is -2.24. The molecule has 0 fully saturated rings. The maximum absolute atomic E-state index is 4.88. The molecular weight excluding hydrogens is 1520 g/mol. The predicted molar refractivity (Wildman–Crippen MR) is 510 cm³/mol. The highest BCUT2D eigenvalue weighted by atomic mass is 32.1. The van der Waals surface area contributed by atoms with Crippen LogP contribution in [0, 0.1) is 0 Å². The van der Waals surface area contributed by atoms with Crippen LogP contribution in [-0.4, -0.2) is 89.7 Å². The first kappa shape index (κ1) is 97.0. The summed E-state index contributed by atoms with van der Waals surface area (Å²) in [6, 6.07) is 16.6. The van der Waals surface area contributed by atoms with Crippen LogP contribution in [-0.2, 0) is 88.7 Å². The molecule has 1 aliphatic rings. The van der Waals surface area contributed by atoms with Crippen molar-refractivity contribution in [3.63, 3.8) is 0 Å². The summed E-state index contributed by atoms with van der Waals surface area (Å²) >= 11 is 3.43. The van der Waals surface area contributed by atoms with Gasteiger partial charge in [-0.15, -0.1) is 22.7 Å². The van der Waals surface area contributed by atoms with Gasteiger partial charge >= 0.3 is 0 Å². The maximum Gasteiger partial charge on any atom is 0.181 e. The fraction of sp³-hybridized carbons (Fsp3) is 0.590. The summed E-state index contributed by atoms with van der Waals surface area (Å²) < 4.78 is 1.23. The molecule has 0 radical (unpaired) electrons. The number of fused-ring (bicyclic) bond motifs is 7. The van der Waals surface area contributed by atoms with Crippen molar-refractivity contribution >= 4 is 87.2 Å². The molecule has 12 heterocycles. The number of nitrogens with one attached hydrogen (secondary N) is 3. The lowest BCUT2D eigenvalue weighted by atomic mass is 9.87. The van der Waals surface area contributed by atoms with Crippen LogP contribution in [0.2, 0.25) is 0 Å². The van der Waals surface area contributed by atoms with Gasteiger partial charge in [-0.25, -0.2) is 74.8 Å². The van der Waals surface area contributed by atoms with Crippen molar-refractivity contribution in [3.05, 3.63) is 170 Å². The highest BCUT2D eigenvalue weighted by Crippen LogP contribution is 2.40. The molecule has 12 aromatic heterocycles. The highest BCUT2D eigenvalue weighted by molar-refractivity contribution is 7.17. The monoisotopic (exact) mass is 1670 g/mol. The first-order valence-corrected chi connectivity index (χ1v) is 44.8. The number of rotatable bonds is 0. The van der Waals surface area contributed by atoms with E-state index in [0.29, 0.717) is 0 Å². The van der Waals surface area contributed by atoms with Gasteiger partial charge in [-0.05, 0) is 65.9 Å². The van der Waals surface area contributed by atoms with Gasteiger partial charge in [0, 0.05) is 110 Å². The first-order chi connectivity index (χ1) is 54.4. The molecule has 18 nitrogen and oxygen atoms in total. The normalized spacial score (nSPS) is 13.7. The number of imidazole rings is 1. The maximum atomic E-state index is 4.88. The van der Waals surface area contributed by atoms with Crippen molar-refractivity contribution in [2.75, 3.05) is 0 Å². The largest absolute Gasteiger partial charge is 0.358 e. The highest BCUT2D eigenvalue weighted by Gasteiger charge is 2.34. The molecule has 0 saturated heterocycles. The predicted octanol–water partition coefficient (Wildman–Crippen LogP) is 26.4. The van der Waals surface area contributed by atoms with E-state index in [0.717, 1.165) is 137 Å². The van der Waals surface area contributed by atoms with E-state index >= 15 is 0 Å². The minimum atomic E-state index is -0.0624. The summed E-state index contributed by atoms with van der Waals surface area (Å²) in [6.45, 7) is 91.4. The Balaban J connectivity index is 0.000000174. The zero-order valence-electron chi connectivity index (χ0n) is 81.7. The molecular formula is C100H148N18S2. The van der Waals surface area contributed by atoms with Crippen molar-refractivity contribution in [2.24, 2.45) is 0 Å². The van der Waals surface area contributed by atoms with Crippen LogP contribution in [0.3, 0.4) is 0 Å². The third-order valence-corrected chi connectivity index (χ3v) is 21.7. The van der Waals surface area contributed by atoms with Crippen molar-refractivity contribution in [3.8, 4) is 0 Å². The molecule has 3 N–H and O–H groups in total. The van der Waals surface area contributed by atoms with Gasteiger partial charge in [-0.3, -0.25) is 0 Å². The van der Waals surface area contributed by atoms with Crippen molar-refractivity contribution < 1.29 is 0 Å². The first-order valence-electron chi connectivity index (χ1n) is 43.0. The van der Waals surface area contributed by atoms with Gasteiger partial charge in [0.25, 0.3) is 0 Å². The van der Waals surface area contributed by atoms with Gasteiger partial charge in [0.15, 0.2) is 5.65 Å². The summed E-state index contributed by atoms with van der Waals surface area (Å²) in [5.74, 6) is 6.47. The number of para-hydroxylation sites is 1. The molecule has 1 aromatic carbocycles. The molecule has 20 heteroatoms. The fourth-order valence-corrected chi connectivity index (χ4v) is 15.0. The van der Waals surface area contributed by atoms with Gasteiger partial charge in [-0.1, -0.05) is 309 Å². The minimum absolute atomic E-state index is 0.00181. The Hall–Kier alpha value is -8.49. The van der Waals surface area contributed by atoms with E-state index in [9.17, 15) is 0 Å². The quantitative estimate of drug-likeness (QED) is 0.128. The van der Waals surface area contributed by atoms with E-state index in [2.05, 4.69) is 383 Å². The molecule has 650 valence electrons.